The Labute approximate surface area is 125 Å². The lowest BCUT2D eigenvalue weighted by atomic mass is 9.96. The van der Waals surface area contributed by atoms with Gasteiger partial charge in [-0.2, -0.15) is 5.26 Å². The SMILES string of the molecule is COC1CN(c2ccc3cc(C#N)ccc3n2)CCC1C. The van der Waals surface area contributed by atoms with Gasteiger partial charge in [0.1, 0.15) is 5.82 Å². The number of methoxy groups -OCH3 is 1. The van der Waals surface area contributed by atoms with Crippen molar-refractivity contribution in [2.24, 2.45) is 5.92 Å². The summed E-state index contributed by atoms with van der Waals surface area (Å²) < 4.78 is 5.57. The molecule has 1 saturated heterocycles. The van der Waals surface area contributed by atoms with E-state index in [-0.39, 0.29) is 6.10 Å². The molecule has 2 atom stereocenters. The maximum atomic E-state index is 8.94. The molecule has 0 N–H and O–H groups in total. The zero-order chi connectivity index (χ0) is 14.8. The Morgan fingerprint density at radius 1 is 1.33 bits per heavy atom. The molecule has 0 spiro atoms. The van der Waals surface area contributed by atoms with Crippen molar-refractivity contribution >= 4 is 16.7 Å². The van der Waals surface area contributed by atoms with Gasteiger partial charge in [0.2, 0.25) is 0 Å². The third-order valence-corrected chi connectivity index (χ3v) is 4.32. The molecular formula is C17H19N3O. The summed E-state index contributed by atoms with van der Waals surface area (Å²) in [6, 6.07) is 11.8. The standard InChI is InChI=1S/C17H19N3O/c1-12-7-8-20(11-16(12)21-2)17-6-4-14-9-13(10-18)3-5-15(14)19-17/h3-6,9,12,16H,7-8,11H2,1-2H3. The first-order valence-corrected chi connectivity index (χ1v) is 7.30. The largest absolute Gasteiger partial charge is 0.379 e. The lowest BCUT2D eigenvalue weighted by Crippen LogP contribution is -2.44. The highest BCUT2D eigenvalue weighted by molar-refractivity contribution is 5.81. The minimum atomic E-state index is 0.261. The maximum absolute atomic E-state index is 8.94. The van der Waals surface area contributed by atoms with Gasteiger partial charge < -0.3 is 9.64 Å². The number of anilines is 1. The number of pyridine rings is 1. The molecule has 3 rings (SSSR count). The van der Waals surface area contributed by atoms with Crippen LogP contribution in [0.2, 0.25) is 0 Å². The maximum Gasteiger partial charge on any atom is 0.129 e. The lowest BCUT2D eigenvalue weighted by molar-refractivity contribution is 0.0496. The van der Waals surface area contributed by atoms with E-state index in [1.54, 1.807) is 7.11 Å². The second kappa shape index (κ2) is 5.71. The summed E-state index contributed by atoms with van der Waals surface area (Å²) in [6.45, 7) is 4.13. The molecule has 108 valence electrons. The summed E-state index contributed by atoms with van der Waals surface area (Å²) in [5.74, 6) is 1.58. The van der Waals surface area contributed by atoms with Gasteiger partial charge in [-0.05, 0) is 42.7 Å². The zero-order valence-corrected chi connectivity index (χ0v) is 12.4. The molecule has 0 saturated carbocycles. The van der Waals surface area contributed by atoms with Crippen molar-refractivity contribution in [2.45, 2.75) is 19.4 Å². The molecule has 2 unspecified atom stereocenters. The van der Waals surface area contributed by atoms with Crippen molar-refractivity contribution in [3.8, 4) is 6.07 Å². The predicted molar refractivity (Wildman–Crippen MR) is 83.2 cm³/mol. The van der Waals surface area contributed by atoms with Crippen LogP contribution in [0.15, 0.2) is 30.3 Å². The highest BCUT2D eigenvalue weighted by atomic mass is 16.5. The van der Waals surface area contributed by atoms with Crippen LogP contribution in [0.3, 0.4) is 0 Å². The van der Waals surface area contributed by atoms with Gasteiger partial charge in [0.05, 0.1) is 23.3 Å². The van der Waals surface area contributed by atoms with Crippen molar-refractivity contribution in [1.29, 1.82) is 5.26 Å². The Hall–Kier alpha value is -2.12. The highest BCUT2D eigenvalue weighted by Gasteiger charge is 2.26. The summed E-state index contributed by atoms with van der Waals surface area (Å²) in [5.41, 5.74) is 1.60. The van der Waals surface area contributed by atoms with Gasteiger partial charge in [0.15, 0.2) is 0 Å². The van der Waals surface area contributed by atoms with Crippen LogP contribution in [0.4, 0.5) is 5.82 Å². The molecule has 21 heavy (non-hydrogen) atoms. The van der Waals surface area contributed by atoms with Gasteiger partial charge >= 0.3 is 0 Å². The molecule has 2 heterocycles. The van der Waals surface area contributed by atoms with Crippen molar-refractivity contribution in [1.82, 2.24) is 4.98 Å². The molecule has 0 bridgehead atoms. The van der Waals surface area contributed by atoms with E-state index < -0.39 is 0 Å². The number of nitriles is 1. The quantitative estimate of drug-likeness (QED) is 0.849. The van der Waals surface area contributed by atoms with Crippen LogP contribution in [-0.2, 0) is 4.74 Å². The summed E-state index contributed by atoms with van der Waals surface area (Å²) in [7, 11) is 1.78. The third-order valence-electron chi connectivity index (χ3n) is 4.32. The molecule has 1 aromatic carbocycles. The average Bonchev–Trinajstić information content (AvgIpc) is 2.54. The van der Waals surface area contributed by atoms with E-state index >= 15 is 0 Å². The molecule has 0 aliphatic carbocycles. The van der Waals surface area contributed by atoms with E-state index in [9.17, 15) is 0 Å². The number of nitrogens with zero attached hydrogens (tertiary/aromatic N) is 3. The molecule has 1 aliphatic rings. The first-order chi connectivity index (χ1) is 10.2. The van der Waals surface area contributed by atoms with Gasteiger partial charge in [-0.1, -0.05) is 6.92 Å². The fraction of sp³-hybridized carbons (Fsp3) is 0.412. The van der Waals surface area contributed by atoms with Crippen molar-refractivity contribution in [2.75, 3.05) is 25.1 Å². The van der Waals surface area contributed by atoms with Crippen molar-refractivity contribution < 1.29 is 4.74 Å². The number of rotatable bonds is 2. The summed E-state index contributed by atoms with van der Waals surface area (Å²) in [5, 5.41) is 9.95. The monoisotopic (exact) mass is 281 g/mol. The van der Waals surface area contributed by atoms with Crippen LogP contribution in [0.1, 0.15) is 18.9 Å². The molecule has 1 aromatic heterocycles. The van der Waals surface area contributed by atoms with Crippen LogP contribution in [0.25, 0.3) is 10.9 Å². The summed E-state index contributed by atoms with van der Waals surface area (Å²) in [4.78, 5) is 7.01. The minimum absolute atomic E-state index is 0.261. The van der Waals surface area contributed by atoms with E-state index in [1.807, 2.05) is 30.3 Å². The highest BCUT2D eigenvalue weighted by Crippen LogP contribution is 2.25. The number of fused-ring (bicyclic) bond motifs is 1. The first kappa shape index (κ1) is 13.8. The van der Waals surface area contributed by atoms with E-state index in [2.05, 4.69) is 17.9 Å². The predicted octanol–water partition coefficient (Wildman–Crippen LogP) is 2.97. The molecule has 1 fully saturated rings. The van der Waals surface area contributed by atoms with Crippen molar-refractivity contribution in [3.63, 3.8) is 0 Å². The van der Waals surface area contributed by atoms with Crippen LogP contribution in [0.5, 0.6) is 0 Å². The summed E-state index contributed by atoms with van der Waals surface area (Å²) >= 11 is 0. The summed E-state index contributed by atoms with van der Waals surface area (Å²) in [6.07, 6.45) is 1.38. The number of ether oxygens (including phenoxy) is 1. The Bertz CT molecular complexity index is 692. The minimum Gasteiger partial charge on any atom is -0.379 e. The number of hydrogen-bond acceptors (Lipinski definition) is 4. The molecule has 4 nitrogen and oxygen atoms in total. The van der Waals surface area contributed by atoms with E-state index in [1.165, 1.54) is 0 Å². The van der Waals surface area contributed by atoms with E-state index in [4.69, 9.17) is 15.0 Å². The fourth-order valence-corrected chi connectivity index (χ4v) is 2.91. The van der Waals surface area contributed by atoms with Crippen LogP contribution < -0.4 is 4.90 Å². The third kappa shape index (κ3) is 2.70. The second-order valence-corrected chi connectivity index (χ2v) is 5.67. The van der Waals surface area contributed by atoms with Crippen LogP contribution in [-0.4, -0.2) is 31.3 Å². The molecular weight excluding hydrogens is 262 g/mol. The fourth-order valence-electron chi connectivity index (χ4n) is 2.91. The average molecular weight is 281 g/mol. The van der Waals surface area contributed by atoms with E-state index in [0.29, 0.717) is 11.5 Å². The number of piperidine rings is 1. The van der Waals surface area contributed by atoms with Gasteiger partial charge in [0, 0.05) is 25.6 Å². The Morgan fingerprint density at radius 3 is 2.95 bits per heavy atom. The zero-order valence-electron chi connectivity index (χ0n) is 12.4. The second-order valence-electron chi connectivity index (χ2n) is 5.67. The number of benzene rings is 1. The normalized spacial score (nSPS) is 22.2. The lowest BCUT2D eigenvalue weighted by Gasteiger charge is -2.37. The molecule has 0 radical (unpaired) electrons. The molecule has 0 amide bonds. The first-order valence-electron chi connectivity index (χ1n) is 7.30. The smallest absolute Gasteiger partial charge is 0.129 e. The van der Waals surface area contributed by atoms with Crippen molar-refractivity contribution in [3.05, 3.63) is 35.9 Å². The molecule has 4 heteroatoms. The number of hydrogen-bond donors (Lipinski definition) is 0. The molecule has 2 aromatic rings. The van der Waals surface area contributed by atoms with Crippen LogP contribution in [0, 0.1) is 17.2 Å². The Morgan fingerprint density at radius 2 is 2.19 bits per heavy atom. The van der Waals surface area contributed by atoms with Gasteiger partial charge in [-0.3, -0.25) is 0 Å². The number of aromatic nitrogens is 1. The van der Waals surface area contributed by atoms with Gasteiger partial charge in [-0.25, -0.2) is 4.98 Å². The van der Waals surface area contributed by atoms with Gasteiger partial charge in [-0.15, -0.1) is 0 Å². The van der Waals surface area contributed by atoms with Gasteiger partial charge in [0.25, 0.3) is 0 Å². The Kier molecular flexibility index (Phi) is 3.76. The van der Waals surface area contributed by atoms with Crippen LogP contribution >= 0.6 is 0 Å². The Balaban J connectivity index is 1.89. The molecule has 1 aliphatic heterocycles. The topological polar surface area (TPSA) is 49.1 Å². The van der Waals surface area contributed by atoms with E-state index in [0.717, 1.165) is 36.2 Å².